The predicted octanol–water partition coefficient (Wildman–Crippen LogP) is 1.27. The van der Waals surface area contributed by atoms with Crippen molar-refractivity contribution in [3.05, 3.63) is 17.3 Å². The summed E-state index contributed by atoms with van der Waals surface area (Å²) in [5.74, 6) is 0.563. The highest BCUT2D eigenvalue weighted by Crippen LogP contribution is 2.30. The first-order valence-electron chi connectivity index (χ1n) is 9.25. The molecule has 1 N–H and O–H groups in total. The van der Waals surface area contributed by atoms with Crippen LogP contribution >= 0.6 is 11.3 Å². The van der Waals surface area contributed by atoms with Gasteiger partial charge in [-0.3, -0.25) is 9.69 Å². The molecule has 0 radical (unpaired) electrons. The zero-order chi connectivity index (χ0) is 18.8. The van der Waals surface area contributed by atoms with Crippen LogP contribution in [0.2, 0.25) is 0 Å². The molecule has 0 aromatic carbocycles. The van der Waals surface area contributed by atoms with Gasteiger partial charge in [0.2, 0.25) is 11.7 Å². The molecule has 2 saturated heterocycles. The summed E-state index contributed by atoms with van der Waals surface area (Å²) < 4.78 is 5.80. The van der Waals surface area contributed by atoms with Crippen LogP contribution in [0.15, 0.2) is 11.4 Å². The molecule has 2 aliphatic heterocycles. The van der Waals surface area contributed by atoms with Crippen molar-refractivity contribution in [2.24, 2.45) is 0 Å². The molecule has 9 heteroatoms. The lowest BCUT2D eigenvalue weighted by atomic mass is 10.1. The molecule has 1 amide bonds. The average molecular weight is 389 g/mol. The Hall–Kier alpha value is -2.26. The van der Waals surface area contributed by atoms with E-state index in [1.54, 1.807) is 11.3 Å². The summed E-state index contributed by atoms with van der Waals surface area (Å²) in [6.45, 7) is 4.27. The van der Waals surface area contributed by atoms with Crippen LogP contribution in [0.5, 0.6) is 0 Å². The number of thiophene rings is 1. The molecular formula is C18H23N5O3S. The second kappa shape index (κ2) is 7.77. The number of piperazine rings is 1. The molecule has 4 rings (SSSR count). The summed E-state index contributed by atoms with van der Waals surface area (Å²) in [5, 5.41) is 4.92. The van der Waals surface area contributed by atoms with E-state index in [2.05, 4.69) is 25.1 Å². The fourth-order valence-electron chi connectivity index (χ4n) is 3.82. The maximum atomic E-state index is 11.9. The van der Waals surface area contributed by atoms with Crippen molar-refractivity contribution in [2.75, 3.05) is 44.7 Å². The van der Waals surface area contributed by atoms with E-state index >= 15 is 0 Å². The molecule has 2 aromatic rings. The zero-order valence-electron chi connectivity index (χ0n) is 15.3. The van der Waals surface area contributed by atoms with Gasteiger partial charge < -0.3 is 15.0 Å². The Bertz CT molecular complexity index is 847. The van der Waals surface area contributed by atoms with E-state index in [-0.39, 0.29) is 11.7 Å². The lowest BCUT2D eigenvalue weighted by molar-refractivity contribution is -0.120. The first-order chi connectivity index (χ1) is 13.2. The van der Waals surface area contributed by atoms with E-state index in [9.17, 15) is 9.59 Å². The van der Waals surface area contributed by atoms with Crippen molar-refractivity contribution in [1.29, 1.82) is 0 Å². The van der Waals surface area contributed by atoms with Crippen molar-refractivity contribution < 1.29 is 14.3 Å². The molecular weight excluding hydrogens is 366 g/mol. The Balaban J connectivity index is 1.50. The number of anilines is 1. The normalized spacial score (nSPS) is 21.7. The van der Waals surface area contributed by atoms with E-state index in [0.29, 0.717) is 12.5 Å². The number of ether oxygens (including phenoxy) is 1. The fraction of sp³-hybridized carbons (Fsp3) is 0.556. The number of hydrogen-bond acceptors (Lipinski definition) is 8. The standard InChI is InChI=1S/C18H23N5O3S/c1-26-18(25)16-20-13-5-11-27-15(13)17(21-16)23-9-7-22(8-10-23)12-2-3-14(24)19-6-4-12/h5,11-12H,2-4,6-10H2,1H3,(H,19,24). The summed E-state index contributed by atoms with van der Waals surface area (Å²) in [5.41, 5.74) is 0.779. The number of carbonyl (C=O) groups excluding carboxylic acids is 2. The molecule has 0 spiro atoms. The monoisotopic (exact) mass is 389 g/mol. The van der Waals surface area contributed by atoms with Gasteiger partial charge in [0.15, 0.2) is 5.82 Å². The minimum absolute atomic E-state index is 0.106. The average Bonchev–Trinajstić information content (AvgIpc) is 3.07. The Morgan fingerprint density at radius 2 is 2.07 bits per heavy atom. The van der Waals surface area contributed by atoms with E-state index in [1.807, 2.05) is 11.4 Å². The Labute approximate surface area is 161 Å². The van der Waals surface area contributed by atoms with E-state index in [1.165, 1.54) is 7.11 Å². The maximum Gasteiger partial charge on any atom is 0.376 e. The summed E-state index contributed by atoms with van der Waals surface area (Å²) in [6.07, 6.45) is 2.52. The van der Waals surface area contributed by atoms with Crippen LogP contribution in [0.1, 0.15) is 29.9 Å². The van der Waals surface area contributed by atoms with Gasteiger partial charge in [0.25, 0.3) is 0 Å². The Morgan fingerprint density at radius 1 is 1.26 bits per heavy atom. The summed E-state index contributed by atoms with van der Waals surface area (Å²) >= 11 is 1.59. The zero-order valence-corrected chi connectivity index (χ0v) is 16.1. The first kappa shape index (κ1) is 18.1. The number of nitrogens with zero attached hydrogens (tertiary/aromatic N) is 4. The molecule has 2 aliphatic rings. The highest BCUT2D eigenvalue weighted by molar-refractivity contribution is 7.17. The Kier molecular flexibility index (Phi) is 5.22. The molecule has 0 aliphatic carbocycles. The molecule has 8 nitrogen and oxygen atoms in total. The van der Waals surface area contributed by atoms with Crippen LogP contribution in [0.3, 0.4) is 0 Å². The molecule has 2 aromatic heterocycles. The van der Waals surface area contributed by atoms with Crippen LogP contribution in [0.4, 0.5) is 5.82 Å². The first-order valence-corrected chi connectivity index (χ1v) is 10.1. The molecule has 0 saturated carbocycles. The molecule has 27 heavy (non-hydrogen) atoms. The van der Waals surface area contributed by atoms with Crippen molar-refractivity contribution >= 4 is 39.2 Å². The summed E-state index contributed by atoms with van der Waals surface area (Å²) in [4.78, 5) is 37.0. The molecule has 144 valence electrons. The molecule has 4 heterocycles. The second-order valence-electron chi connectivity index (χ2n) is 6.85. The predicted molar refractivity (Wildman–Crippen MR) is 103 cm³/mol. The lowest BCUT2D eigenvalue weighted by Gasteiger charge is -2.39. The molecule has 0 bridgehead atoms. The van der Waals surface area contributed by atoms with Gasteiger partial charge in [-0.25, -0.2) is 14.8 Å². The minimum Gasteiger partial charge on any atom is -0.463 e. The Morgan fingerprint density at radius 3 is 2.85 bits per heavy atom. The van der Waals surface area contributed by atoms with Gasteiger partial charge in [-0.05, 0) is 24.3 Å². The third kappa shape index (κ3) is 3.74. The van der Waals surface area contributed by atoms with Crippen LogP contribution < -0.4 is 10.2 Å². The topological polar surface area (TPSA) is 87.7 Å². The number of carbonyl (C=O) groups is 2. The largest absolute Gasteiger partial charge is 0.463 e. The number of rotatable bonds is 3. The number of aromatic nitrogens is 2. The molecule has 2 fully saturated rings. The van der Waals surface area contributed by atoms with Gasteiger partial charge in [-0.1, -0.05) is 0 Å². The summed E-state index contributed by atoms with van der Waals surface area (Å²) in [7, 11) is 1.34. The van der Waals surface area contributed by atoms with Gasteiger partial charge in [0, 0.05) is 45.2 Å². The van der Waals surface area contributed by atoms with Gasteiger partial charge in [0.1, 0.15) is 0 Å². The van der Waals surface area contributed by atoms with E-state index in [0.717, 1.165) is 61.6 Å². The summed E-state index contributed by atoms with van der Waals surface area (Å²) in [6, 6.07) is 2.35. The number of nitrogens with one attached hydrogen (secondary N) is 1. The van der Waals surface area contributed by atoms with Gasteiger partial charge in [0.05, 0.1) is 17.3 Å². The second-order valence-corrected chi connectivity index (χ2v) is 7.77. The number of fused-ring (bicyclic) bond motifs is 1. The molecule has 1 atom stereocenters. The third-order valence-corrected chi connectivity index (χ3v) is 6.19. The van der Waals surface area contributed by atoms with Crippen LogP contribution in [0.25, 0.3) is 10.2 Å². The number of hydrogen-bond donors (Lipinski definition) is 1. The van der Waals surface area contributed by atoms with Crippen molar-refractivity contribution in [3.8, 4) is 0 Å². The van der Waals surface area contributed by atoms with Gasteiger partial charge in [-0.2, -0.15) is 0 Å². The van der Waals surface area contributed by atoms with Crippen LogP contribution in [0, 0.1) is 0 Å². The van der Waals surface area contributed by atoms with Crippen LogP contribution in [-0.2, 0) is 9.53 Å². The molecule has 1 unspecified atom stereocenters. The number of amides is 1. The SMILES string of the molecule is COC(=O)c1nc(N2CCN(C3CCNC(=O)CC3)CC2)c2sccc2n1. The third-order valence-electron chi connectivity index (χ3n) is 5.29. The number of methoxy groups -OCH3 is 1. The highest BCUT2D eigenvalue weighted by atomic mass is 32.1. The van der Waals surface area contributed by atoms with Crippen LogP contribution in [-0.4, -0.2) is 72.6 Å². The minimum atomic E-state index is -0.515. The van der Waals surface area contributed by atoms with Crippen molar-refractivity contribution in [3.63, 3.8) is 0 Å². The number of esters is 1. The smallest absolute Gasteiger partial charge is 0.376 e. The fourth-order valence-corrected chi connectivity index (χ4v) is 4.67. The van der Waals surface area contributed by atoms with Gasteiger partial charge >= 0.3 is 5.97 Å². The van der Waals surface area contributed by atoms with E-state index < -0.39 is 5.97 Å². The highest BCUT2D eigenvalue weighted by Gasteiger charge is 2.28. The van der Waals surface area contributed by atoms with Crippen molar-refractivity contribution in [1.82, 2.24) is 20.2 Å². The van der Waals surface area contributed by atoms with Gasteiger partial charge in [-0.15, -0.1) is 11.3 Å². The quantitative estimate of drug-likeness (QED) is 0.791. The lowest BCUT2D eigenvalue weighted by Crippen LogP contribution is -2.50. The van der Waals surface area contributed by atoms with Crippen molar-refractivity contribution in [2.45, 2.75) is 25.3 Å². The maximum absolute atomic E-state index is 11.9. The van der Waals surface area contributed by atoms with E-state index in [4.69, 9.17) is 4.74 Å².